The van der Waals surface area contributed by atoms with Crippen LogP contribution in [0.5, 0.6) is 0 Å². The number of nitrogens with one attached hydrogen (secondary N) is 1. The minimum absolute atomic E-state index is 0.719. The van der Waals surface area contributed by atoms with E-state index in [1.165, 1.54) is 31.4 Å². The van der Waals surface area contributed by atoms with Gasteiger partial charge in [-0.25, -0.2) is 0 Å². The van der Waals surface area contributed by atoms with Crippen LogP contribution in [0.3, 0.4) is 0 Å². The molecule has 2 nitrogen and oxygen atoms in total. The molecule has 0 aromatic heterocycles. The second-order valence-corrected chi connectivity index (χ2v) is 4.42. The Labute approximate surface area is 92.3 Å². The molecule has 0 radical (unpaired) electrons. The van der Waals surface area contributed by atoms with Crippen LogP contribution in [0.1, 0.15) is 26.2 Å². The monoisotopic (exact) mass is 216 g/mol. The normalized spacial score (nSPS) is 25.1. The molecule has 0 aliphatic carbocycles. The van der Waals surface area contributed by atoms with E-state index in [4.69, 9.17) is 11.6 Å². The quantitative estimate of drug-likeness (QED) is 0.778. The fraction of sp³-hybridized carbons (Fsp3) is 0.818. The summed E-state index contributed by atoms with van der Waals surface area (Å²) < 4.78 is 0. The molecule has 1 aliphatic heterocycles. The average molecular weight is 217 g/mol. The van der Waals surface area contributed by atoms with E-state index in [1.807, 2.05) is 0 Å². The SMILES string of the molecule is CC(=CCl)CN(C)C1CCCNCC1. The van der Waals surface area contributed by atoms with Gasteiger partial charge < -0.3 is 5.32 Å². The van der Waals surface area contributed by atoms with Crippen LogP contribution < -0.4 is 5.32 Å². The topological polar surface area (TPSA) is 15.3 Å². The molecular formula is C11H21ClN2. The van der Waals surface area contributed by atoms with Gasteiger partial charge in [0.05, 0.1) is 0 Å². The van der Waals surface area contributed by atoms with Crippen LogP contribution in [0, 0.1) is 0 Å². The third-order valence-corrected chi connectivity index (χ3v) is 3.23. The minimum atomic E-state index is 0.719. The third kappa shape index (κ3) is 3.99. The Balaban J connectivity index is 2.37. The van der Waals surface area contributed by atoms with E-state index in [0.717, 1.165) is 19.1 Å². The standard InChI is InChI=1S/C11H21ClN2/c1-10(8-12)9-14(2)11-4-3-6-13-7-5-11/h8,11,13H,3-7,9H2,1-2H3. The lowest BCUT2D eigenvalue weighted by atomic mass is 10.1. The van der Waals surface area contributed by atoms with Crippen LogP contribution in [-0.4, -0.2) is 37.6 Å². The number of nitrogens with zero attached hydrogens (tertiary/aromatic N) is 1. The molecule has 1 rings (SSSR count). The largest absolute Gasteiger partial charge is 0.317 e. The average Bonchev–Trinajstić information content (AvgIpc) is 2.45. The van der Waals surface area contributed by atoms with Crippen molar-refractivity contribution in [1.82, 2.24) is 10.2 Å². The molecule has 0 bridgehead atoms. The summed E-state index contributed by atoms with van der Waals surface area (Å²) in [5, 5.41) is 3.43. The van der Waals surface area contributed by atoms with Gasteiger partial charge in [-0.3, -0.25) is 4.90 Å². The molecule has 0 aromatic carbocycles. The maximum absolute atomic E-state index is 5.67. The van der Waals surface area contributed by atoms with E-state index in [2.05, 4.69) is 24.2 Å². The Morgan fingerprint density at radius 2 is 2.29 bits per heavy atom. The zero-order valence-electron chi connectivity index (χ0n) is 9.22. The van der Waals surface area contributed by atoms with Crippen molar-refractivity contribution in [3.8, 4) is 0 Å². The van der Waals surface area contributed by atoms with Crippen LogP contribution in [0.4, 0.5) is 0 Å². The van der Waals surface area contributed by atoms with Crippen molar-refractivity contribution in [3.05, 3.63) is 11.1 Å². The number of rotatable bonds is 3. The lowest BCUT2D eigenvalue weighted by molar-refractivity contribution is 0.242. The van der Waals surface area contributed by atoms with Gasteiger partial charge in [-0.05, 0) is 51.9 Å². The predicted molar refractivity (Wildman–Crippen MR) is 62.7 cm³/mol. The van der Waals surface area contributed by atoms with Crippen LogP contribution >= 0.6 is 11.6 Å². The Bertz CT molecular complexity index is 184. The van der Waals surface area contributed by atoms with E-state index >= 15 is 0 Å². The third-order valence-electron chi connectivity index (χ3n) is 2.85. The van der Waals surface area contributed by atoms with Gasteiger partial charge in [0.15, 0.2) is 0 Å². The van der Waals surface area contributed by atoms with E-state index < -0.39 is 0 Å². The summed E-state index contributed by atoms with van der Waals surface area (Å²) in [6.07, 6.45) is 3.85. The summed E-state index contributed by atoms with van der Waals surface area (Å²) in [7, 11) is 2.19. The van der Waals surface area contributed by atoms with Gasteiger partial charge in [-0.1, -0.05) is 11.6 Å². The lowest BCUT2D eigenvalue weighted by Gasteiger charge is -2.26. The van der Waals surface area contributed by atoms with Gasteiger partial charge in [0.2, 0.25) is 0 Å². The number of likely N-dealkylation sites (N-methyl/N-ethyl adjacent to an activating group) is 1. The molecular weight excluding hydrogens is 196 g/mol. The van der Waals surface area contributed by atoms with E-state index in [-0.39, 0.29) is 0 Å². The van der Waals surface area contributed by atoms with Crippen LogP contribution in [0.15, 0.2) is 11.1 Å². The Hall–Kier alpha value is -0.0500. The summed E-state index contributed by atoms with van der Waals surface area (Å²) >= 11 is 5.67. The van der Waals surface area contributed by atoms with Gasteiger partial charge in [-0.2, -0.15) is 0 Å². The van der Waals surface area contributed by atoms with Crippen molar-refractivity contribution in [3.63, 3.8) is 0 Å². The summed E-state index contributed by atoms with van der Waals surface area (Å²) in [4.78, 5) is 2.42. The highest BCUT2D eigenvalue weighted by molar-refractivity contribution is 6.25. The van der Waals surface area contributed by atoms with Crippen molar-refractivity contribution >= 4 is 11.6 Å². The van der Waals surface area contributed by atoms with Crippen LogP contribution in [0.25, 0.3) is 0 Å². The molecule has 1 atom stereocenters. The lowest BCUT2D eigenvalue weighted by Crippen LogP contribution is -2.33. The molecule has 1 aliphatic rings. The molecule has 1 unspecified atom stereocenters. The molecule has 3 heteroatoms. The molecule has 0 aromatic rings. The van der Waals surface area contributed by atoms with Crippen molar-refractivity contribution in [1.29, 1.82) is 0 Å². The zero-order chi connectivity index (χ0) is 10.4. The number of hydrogen-bond donors (Lipinski definition) is 1. The van der Waals surface area contributed by atoms with Crippen molar-refractivity contribution in [2.75, 3.05) is 26.7 Å². The van der Waals surface area contributed by atoms with E-state index in [1.54, 1.807) is 5.54 Å². The van der Waals surface area contributed by atoms with Gasteiger partial charge in [0, 0.05) is 18.1 Å². The molecule has 0 amide bonds. The first-order chi connectivity index (χ1) is 6.74. The second kappa shape index (κ2) is 6.44. The summed E-state index contributed by atoms with van der Waals surface area (Å²) in [6, 6.07) is 0.719. The minimum Gasteiger partial charge on any atom is -0.317 e. The van der Waals surface area contributed by atoms with Gasteiger partial charge >= 0.3 is 0 Å². The van der Waals surface area contributed by atoms with Crippen molar-refractivity contribution < 1.29 is 0 Å². The molecule has 82 valence electrons. The van der Waals surface area contributed by atoms with Gasteiger partial charge in [0.25, 0.3) is 0 Å². The Morgan fingerprint density at radius 3 is 3.00 bits per heavy atom. The molecule has 0 saturated carbocycles. The zero-order valence-corrected chi connectivity index (χ0v) is 9.98. The predicted octanol–water partition coefficient (Wildman–Crippen LogP) is 2.20. The van der Waals surface area contributed by atoms with Crippen molar-refractivity contribution in [2.45, 2.75) is 32.2 Å². The maximum atomic E-state index is 5.67. The Kier molecular flexibility index (Phi) is 5.53. The summed E-state index contributed by atoms with van der Waals surface area (Å²) in [6.45, 7) is 5.40. The van der Waals surface area contributed by atoms with Crippen LogP contribution in [-0.2, 0) is 0 Å². The Morgan fingerprint density at radius 1 is 1.50 bits per heavy atom. The molecule has 14 heavy (non-hydrogen) atoms. The van der Waals surface area contributed by atoms with Crippen LogP contribution in [0.2, 0.25) is 0 Å². The maximum Gasteiger partial charge on any atom is 0.0201 e. The van der Waals surface area contributed by atoms with E-state index in [9.17, 15) is 0 Å². The molecule has 1 fully saturated rings. The molecule has 1 N–H and O–H groups in total. The molecule has 0 spiro atoms. The highest BCUT2D eigenvalue weighted by Gasteiger charge is 2.16. The smallest absolute Gasteiger partial charge is 0.0201 e. The van der Waals surface area contributed by atoms with Gasteiger partial charge in [-0.15, -0.1) is 0 Å². The first kappa shape index (κ1) is 12.0. The van der Waals surface area contributed by atoms with E-state index in [0.29, 0.717) is 0 Å². The highest BCUT2D eigenvalue weighted by Crippen LogP contribution is 2.13. The number of hydrogen-bond acceptors (Lipinski definition) is 2. The first-order valence-electron chi connectivity index (χ1n) is 5.41. The highest BCUT2D eigenvalue weighted by atomic mass is 35.5. The second-order valence-electron chi connectivity index (χ2n) is 4.21. The summed E-state index contributed by atoms with van der Waals surface area (Å²) in [5.41, 5.74) is 2.93. The molecule has 1 saturated heterocycles. The molecule has 1 heterocycles. The summed E-state index contributed by atoms with van der Waals surface area (Å²) in [5.74, 6) is 0. The fourth-order valence-electron chi connectivity index (χ4n) is 2.00. The first-order valence-corrected chi connectivity index (χ1v) is 5.84. The van der Waals surface area contributed by atoms with Crippen molar-refractivity contribution in [2.24, 2.45) is 0 Å². The fourth-order valence-corrected chi connectivity index (χ4v) is 2.07. The van der Waals surface area contributed by atoms with Gasteiger partial charge in [0.1, 0.15) is 0 Å². The number of halogens is 1.